The zero-order valence-corrected chi connectivity index (χ0v) is 22.5. The molecule has 0 radical (unpaired) electrons. The van der Waals surface area contributed by atoms with E-state index in [0.29, 0.717) is 24.6 Å². The van der Waals surface area contributed by atoms with Gasteiger partial charge < -0.3 is 9.80 Å². The number of Topliss-reactive ketones (excluding diaryl/α,β-unsaturated/α-hetero) is 1. The smallest absolute Gasteiger partial charge is 0.290 e. The Morgan fingerprint density at radius 2 is 1.70 bits per heavy atom. The normalized spacial score (nSPS) is 18.0. The van der Waals surface area contributed by atoms with Crippen LogP contribution in [0.15, 0.2) is 36.4 Å². The van der Waals surface area contributed by atoms with E-state index >= 15 is 0 Å². The van der Waals surface area contributed by atoms with E-state index < -0.39 is 27.6 Å². The van der Waals surface area contributed by atoms with Gasteiger partial charge in [0, 0.05) is 33.7 Å². The van der Waals surface area contributed by atoms with Gasteiger partial charge in [-0.25, -0.2) is 12.8 Å². The molecule has 0 spiro atoms. The molecule has 37 heavy (non-hydrogen) atoms. The van der Waals surface area contributed by atoms with Crippen molar-refractivity contribution in [1.82, 2.24) is 9.80 Å². The first-order chi connectivity index (χ1) is 17.4. The van der Waals surface area contributed by atoms with Gasteiger partial charge in [-0.05, 0) is 60.6 Å². The molecule has 2 aromatic rings. The summed E-state index contributed by atoms with van der Waals surface area (Å²) in [4.78, 5) is 41.6. The van der Waals surface area contributed by atoms with Gasteiger partial charge in [-0.3, -0.25) is 18.7 Å². The van der Waals surface area contributed by atoms with E-state index in [9.17, 15) is 27.2 Å². The van der Waals surface area contributed by atoms with Gasteiger partial charge >= 0.3 is 0 Å². The lowest BCUT2D eigenvalue weighted by Crippen LogP contribution is -2.39. The molecule has 2 heterocycles. The fourth-order valence-corrected chi connectivity index (χ4v) is 6.15. The summed E-state index contributed by atoms with van der Waals surface area (Å²) in [7, 11) is -0.861. The van der Waals surface area contributed by atoms with Gasteiger partial charge in [0.1, 0.15) is 5.82 Å². The molecule has 4 rings (SSSR count). The Hall–Kier alpha value is -2.98. The topological polar surface area (TPSA) is 95.1 Å². The Morgan fingerprint density at radius 1 is 1.08 bits per heavy atom. The first-order valence-corrected chi connectivity index (χ1v) is 14.2. The van der Waals surface area contributed by atoms with Gasteiger partial charge in [0.05, 0.1) is 28.4 Å². The van der Waals surface area contributed by atoms with Crippen LogP contribution in [-0.4, -0.2) is 75.8 Å². The van der Waals surface area contributed by atoms with Gasteiger partial charge in [0.2, 0.25) is 15.8 Å². The Morgan fingerprint density at radius 3 is 2.27 bits per heavy atom. The Balaban J connectivity index is 1.55. The van der Waals surface area contributed by atoms with Crippen molar-refractivity contribution < 1.29 is 27.2 Å². The first kappa shape index (κ1) is 27.1. The van der Waals surface area contributed by atoms with E-state index in [0.717, 1.165) is 40.3 Å². The van der Waals surface area contributed by atoms with E-state index in [2.05, 4.69) is 0 Å². The monoisotopic (exact) mass is 549 g/mol. The van der Waals surface area contributed by atoms with E-state index in [1.807, 2.05) is 0 Å². The lowest BCUT2D eigenvalue weighted by molar-refractivity contribution is -0.143. The molecule has 2 amide bonds. The van der Waals surface area contributed by atoms with E-state index in [1.54, 1.807) is 17.0 Å². The molecule has 2 aliphatic heterocycles. The number of carbonyl (C=O) groups is 3. The van der Waals surface area contributed by atoms with Crippen LogP contribution in [0.2, 0.25) is 5.02 Å². The molecule has 2 aromatic carbocycles. The highest BCUT2D eigenvalue weighted by atomic mass is 35.5. The molecule has 0 N–H and O–H groups in total. The number of fused-ring (bicyclic) bond motifs is 1. The molecule has 1 fully saturated rings. The number of anilines is 1. The second-order valence-electron chi connectivity index (χ2n) is 9.87. The number of likely N-dealkylation sites (N-methyl/N-ethyl adjacent to an activating group) is 1. The number of sulfonamides is 1. The minimum atomic E-state index is -3.75. The van der Waals surface area contributed by atoms with E-state index in [4.69, 9.17) is 11.6 Å². The van der Waals surface area contributed by atoms with Gasteiger partial charge in [-0.2, -0.15) is 0 Å². The van der Waals surface area contributed by atoms with Crippen molar-refractivity contribution in [2.45, 2.75) is 25.2 Å². The van der Waals surface area contributed by atoms with Crippen LogP contribution >= 0.6 is 11.6 Å². The van der Waals surface area contributed by atoms with Crippen molar-refractivity contribution in [3.63, 3.8) is 0 Å². The van der Waals surface area contributed by atoms with Crippen LogP contribution < -0.4 is 4.31 Å². The third-order valence-electron chi connectivity index (χ3n) is 7.01. The van der Waals surface area contributed by atoms with Crippen molar-refractivity contribution in [2.24, 2.45) is 5.92 Å². The number of ketones is 1. The average molecular weight is 550 g/mol. The third kappa shape index (κ3) is 5.65. The number of amides is 2. The first-order valence-electron chi connectivity index (χ1n) is 12.0. The van der Waals surface area contributed by atoms with Crippen molar-refractivity contribution in [3.8, 4) is 0 Å². The number of rotatable bonds is 6. The number of halogens is 2. The standard InChI is InChI=1S/C26H29ClFN3O5S/c1-29(2)26(34)24(32)21-15-31(37(3,35)36)23-14-22(27)20(13-19(21)23)25(33)30-10-8-17(9-11-30)12-16-4-6-18(28)7-5-16/h4-7,13-14,17,21H,8-12,15H2,1-3H3. The minimum absolute atomic E-state index is 0.0814. The average Bonchev–Trinajstić information content (AvgIpc) is 3.22. The number of carbonyl (C=O) groups excluding carboxylic acids is 3. The van der Waals surface area contributed by atoms with Crippen LogP contribution in [0.25, 0.3) is 0 Å². The van der Waals surface area contributed by atoms with Gasteiger partial charge in [-0.1, -0.05) is 23.7 Å². The molecular weight excluding hydrogens is 521 g/mol. The van der Waals surface area contributed by atoms with Gasteiger partial charge in [-0.15, -0.1) is 0 Å². The number of hydrogen-bond acceptors (Lipinski definition) is 5. The van der Waals surface area contributed by atoms with Gasteiger partial charge in [0.15, 0.2) is 0 Å². The Kier molecular flexibility index (Phi) is 7.62. The fraction of sp³-hybridized carbons (Fsp3) is 0.423. The lowest BCUT2D eigenvalue weighted by Gasteiger charge is -2.32. The molecule has 1 atom stereocenters. The molecule has 198 valence electrons. The maximum Gasteiger partial charge on any atom is 0.290 e. The molecular formula is C26H29ClFN3O5S. The summed E-state index contributed by atoms with van der Waals surface area (Å²) in [5.74, 6) is -2.77. The zero-order chi connectivity index (χ0) is 27.1. The molecule has 2 aliphatic rings. The number of benzene rings is 2. The van der Waals surface area contributed by atoms with Crippen LogP contribution in [0.5, 0.6) is 0 Å². The summed E-state index contributed by atoms with van der Waals surface area (Å²) in [6, 6.07) is 9.28. The van der Waals surface area contributed by atoms with Crippen LogP contribution in [0, 0.1) is 11.7 Å². The summed E-state index contributed by atoms with van der Waals surface area (Å²) in [5.41, 5.74) is 1.71. The second-order valence-corrected chi connectivity index (χ2v) is 12.2. The summed E-state index contributed by atoms with van der Waals surface area (Å²) in [6.07, 6.45) is 3.35. The highest BCUT2D eigenvalue weighted by Gasteiger charge is 2.41. The zero-order valence-electron chi connectivity index (χ0n) is 20.9. The molecule has 0 aliphatic carbocycles. The lowest BCUT2D eigenvalue weighted by atomic mass is 9.89. The van der Waals surface area contributed by atoms with Crippen LogP contribution in [-0.2, 0) is 26.0 Å². The van der Waals surface area contributed by atoms with E-state index in [1.165, 1.54) is 38.4 Å². The van der Waals surface area contributed by atoms with Crippen LogP contribution in [0.3, 0.4) is 0 Å². The summed E-state index contributed by atoms with van der Waals surface area (Å²) in [6.45, 7) is 0.791. The highest BCUT2D eigenvalue weighted by molar-refractivity contribution is 7.92. The SMILES string of the molecule is CN(C)C(=O)C(=O)C1CN(S(C)(=O)=O)c2cc(Cl)c(C(=O)N3CCC(Cc4ccc(F)cc4)CC3)cc21. The fourth-order valence-electron chi connectivity index (χ4n) is 4.97. The number of piperidine rings is 1. The van der Waals surface area contributed by atoms with Crippen LogP contribution in [0.1, 0.15) is 40.2 Å². The quantitative estimate of drug-likeness (QED) is 0.516. The van der Waals surface area contributed by atoms with Crippen molar-refractivity contribution in [1.29, 1.82) is 0 Å². The molecule has 1 saturated heterocycles. The Bertz CT molecular complexity index is 1340. The largest absolute Gasteiger partial charge is 0.342 e. The predicted molar refractivity (Wildman–Crippen MR) is 139 cm³/mol. The molecule has 11 heteroatoms. The highest BCUT2D eigenvalue weighted by Crippen LogP contribution is 2.42. The summed E-state index contributed by atoms with van der Waals surface area (Å²) >= 11 is 6.47. The molecule has 8 nitrogen and oxygen atoms in total. The second kappa shape index (κ2) is 10.4. The minimum Gasteiger partial charge on any atom is -0.342 e. The van der Waals surface area contributed by atoms with Crippen molar-refractivity contribution >= 4 is 44.9 Å². The Labute approximate surface area is 221 Å². The van der Waals surface area contributed by atoms with Crippen LogP contribution in [0.4, 0.5) is 10.1 Å². The summed E-state index contributed by atoms with van der Waals surface area (Å²) < 4.78 is 39.0. The van der Waals surface area contributed by atoms with E-state index in [-0.39, 0.29) is 34.5 Å². The maximum absolute atomic E-state index is 13.4. The number of hydrogen-bond donors (Lipinski definition) is 0. The molecule has 0 aromatic heterocycles. The van der Waals surface area contributed by atoms with Crippen molar-refractivity contribution in [2.75, 3.05) is 44.3 Å². The number of nitrogens with zero attached hydrogens (tertiary/aromatic N) is 3. The van der Waals surface area contributed by atoms with Gasteiger partial charge in [0.25, 0.3) is 11.8 Å². The molecule has 0 saturated carbocycles. The summed E-state index contributed by atoms with van der Waals surface area (Å²) in [5, 5.41) is 0.0814. The molecule has 0 bridgehead atoms. The maximum atomic E-state index is 13.4. The predicted octanol–water partition coefficient (Wildman–Crippen LogP) is 3.09. The third-order valence-corrected chi connectivity index (χ3v) is 8.47. The number of likely N-dealkylation sites (tertiary alicyclic amines) is 1. The molecule has 1 unspecified atom stereocenters. The van der Waals surface area contributed by atoms with Crippen molar-refractivity contribution in [3.05, 3.63) is 63.9 Å².